The molecule has 11 atom stereocenters. The number of ether oxygens (including phenoxy) is 3. The third-order valence-corrected chi connectivity index (χ3v) is 17.8. The van der Waals surface area contributed by atoms with Crippen LogP contribution in [0.15, 0.2) is 84.0 Å². The highest BCUT2D eigenvalue weighted by molar-refractivity contribution is 7.79. The van der Waals surface area contributed by atoms with E-state index in [0.29, 0.717) is 42.6 Å². The number of carbonyl (C=O) groups excluding carboxylic acids is 2. The number of aromatic hydroxyl groups is 3. The molecule has 0 amide bonds. The van der Waals surface area contributed by atoms with Gasteiger partial charge in [-0.05, 0) is 123 Å². The second-order valence-electron chi connectivity index (χ2n) is 20.7. The molecule has 15 rings (SSSR count). The number of piperidine rings is 2. The summed E-state index contributed by atoms with van der Waals surface area (Å²) in [5.74, 6) is 1.54. The molecule has 12 aliphatic rings. The molecule has 3 fully saturated rings. The van der Waals surface area contributed by atoms with E-state index in [1.54, 1.807) is 30.4 Å². The van der Waals surface area contributed by atoms with Crippen molar-refractivity contribution in [3.8, 4) is 34.5 Å². The fourth-order valence-corrected chi connectivity index (χ4v) is 15.0. The van der Waals surface area contributed by atoms with Gasteiger partial charge in [0.05, 0.1) is 35.9 Å². The highest BCUT2D eigenvalue weighted by atomic mass is 32.3. The predicted octanol–water partition coefficient (Wildman–Crippen LogP) is -0.623. The summed E-state index contributed by atoms with van der Waals surface area (Å²) in [6, 6.07) is 11.1. The number of nitrogens with one attached hydrogen (secondary N) is 1. The summed E-state index contributed by atoms with van der Waals surface area (Å²) in [7, 11) is -2.99. The molecule has 0 saturated carbocycles. The van der Waals surface area contributed by atoms with Crippen molar-refractivity contribution in [3.05, 3.63) is 125 Å². The molecule has 3 unspecified atom stereocenters. The first kappa shape index (κ1) is 49.8. The van der Waals surface area contributed by atoms with E-state index in [1.807, 2.05) is 24.3 Å². The fourth-order valence-electron chi connectivity index (χ4n) is 15.0. The molecule has 19 nitrogen and oxygen atoms in total. The number of allylic oxidation sites excluding steroid dienone is 2. The largest absolute Gasteiger partial charge is 0.759 e. The third-order valence-electron chi connectivity index (χ3n) is 17.8. The van der Waals surface area contributed by atoms with Gasteiger partial charge in [-0.25, -0.2) is 0 Å². The molecule has 0 radical (unpaired) electrons. The van der Waals surface area contributed by atoms with Gasteiger partial charge in [0.2, 0.25) is 0 Å². The van der Waals surface area contributed by atoms with Crippen molar-refractivity contribution in [3.63, 3.8) is 0 Å². The van der Waals surface area contributed by atoms with Crippen LogP contribution in [0.25, 0.3) is 0 Å². The highest BCUT2D eigenvalue weighted by Crippen LogP contribution is 2.65. The lowest BCUT2D eigenvalue weighted by molar-refractivity contribution is -0.659. The second-order valence-corrected chi connectivity index (χ2v) is 21.5. The number of nitrogens with two attached hydrogens (primary N) is 1. The Morgan fingerprint density at radius 2 is 1.28 bits per heavy atom. The van der Waals surface area contributed by atoms with Gasteiger partial charge in [0.1, 0.15) is 17.3 Å². The standard InChI is InChI=1S/C18H19NO3.C17H17NO4.C16H15NO4.CH3.H2O4S.H2O/c1-19-7-6-18-12-4-2-11(9-20)17(18)22-16-14(21)5-3-10(15(16)18)8-13(12)19;19-11-2-1-9-7-10-8-18-6-5-16-13(9)14(11)22-15(16)12(20)3-4-17(10,16)21;18-9-2-1-8-7-11-16(20)4-3-10(19)14-15(16,5-6-17-11)12(8)13(9)21-14;;1-5(2,3)4;/h2-5,13,17,20-21H,6-9H2,1H3;1-4,10,15,18-19,21H,5-8H2;1-4,11,14,17-18,20H,5-7H2;1H3;(H2,1,2,3,4);1H2/q;;;+1;;/p-1/t13-,17?,18+;10-,15?,16-,17+;11-,14?,15+,16-;;;/m101.../s1. The average Bonchev–Trinajstić information content (AvgIpc) is 3.98. The van der Waals surface area contributed by atoms with Crippen LogP contribution in [0.5, 0.6) is 34.5 Å². The Morgan fingerprint density at radius 1 is 0.750 bits per heavy atom. The molecule has 72 heavy (non-hydrogen) atoms. The van der Waals surface area contributed by atoms with E-state index in [2.05, 4.69) is 28.7 Å². The molecule has 382 valence electrons. The Morgan fingerprint density at radius 3 is 1.88 bits per heavy atom. The maximum atomic E-state index is 12.5. The molecule has 3 saturated heterocycles. The molecule has 6 heterocycles. The van der Waals surface area contributed by atoms with Crippen molar-refractivity contribution in [1.82, 2.24) is 10.2 Å². The van der Waals surface area contributed by atoms with E-state index in [0.717, 1.165) is 73.3 Å². The van der Waals surface area contributed by atoms with Crippen molar-refractivity contribution in [2.24, 2.45) is 5.92 Å². The first-order valence-electron chi connectivity index (χ1n) is 23.7. The van der Waals surface area contributed by atoms with Crippen LogP contribution in [-0.2, 0) is 55.5 Å². The van der Waals surface area contributed by atoms with Crippen LogP contribution in [0.3, 0.4) is 0 Å². The summed E-state index contributed by atoms with van der Waals surface area (Å²) >= 11 is 0. The average molecular weight is 1010 g/mol. The van der Waals surface area contributed by atoms with Gasteiger partial charge in [-0.3, -0.25) is 22.9 Å². The van der Waals surface area contributed by atoms with E-state index in [9.17, 15) is 40.2 Å². The Kier molecular flexibility index (Phi) is 11.5. The Balaban J connectivity index is 0.000000117. The Hall–Kier alpha value is -5.78. The number of hydrogen-bond donors (Lipinski definition) is 8. The Labute approximate surface area is 415 Å². The minimum absolute atomic E-state index is 0. The normalized spacial score (nSPS) is 36.0. The highest BCUT2D eigenvalue weighted by Gasteiger charge is 2.72. The van der Waals surface area contributed by atoms with Gasteiger partial charge in [0.25, 0.3) is 0 Å². The molecule has 6 aliphatic carbocycles. The van der Waals surface area contributed by atoms with Crippen molar-refractivity contribution in [2.45, 2.75) is 96.4 Å². The minimum atomic E-state index is -5.17. The van der Waals surface area contributed by atoms with E-state index in [-0.39, 0.29) is 71.8 Å². The zero-order valence-corrected chi connectivity index (χ0v) is 40.3. The van der Waals surface area contributed by atoms with Crippen LogP contribution in [0.4, 0.5) is 0 Å². The number of likely N-dealkylation sites (tertiary alicyclic amines) is 1. The number of rotatable bonds is 1. The molecular weight excluding hydrogens is 955 g/mol. The number of ketones is 2. The van der Waals surface area contributed by atoms with Gasteiger partial charge in [-0.15, -0.1) is 0 Å². The van der Waals surface area contributed by atoms with E-state index in [4.69, 9.17) is 31.7 Å². The molecule has 3 aromatic carbocycles. The summed E-state index contributed by atoms with van der Waals surface area (Å²) in [6.07, 6.45) is 13.4. The first-order valence-corrected chi connectivity index (χ1v) is 25.1. The summed E-state index contributed by atoms with van der Waals surface area (Å²) < 4.78 is 52.1. The molecule has 3 aromatic rings. The topological polar surface area (TPSA) is 327 Å². The van der Waals surface area contributed by atoms with Gasteiger partial charge in [0.15, 0.2) is 58.3 Å². The lowest BCUT2D eigenvalue weighted by atomic mass is 9.51. The predicted molar refractivity (Wildman–Crippen MR) is 253 cm³/mol. The lowest BCUT2D eigenvalue weighted by Gasteiger charge is -2.57. The molecule has 6 aliphatic heterocycles. The number of likely N-dealkylation sites (N-methyl/N-ethyl adjacent to an activating group) is 1. The lowest BCUT2D eigenvalue weighted by Crippen LogP contribution is -2.85. The third kappa shape index (κ3) is 6.34. The summed E-state index contributed by atoms with van der Waals surface area (Å²) in [5, 5.41) is 68.9. The van der Waals surface area contributed by atoms with Gasteiger partial charge in [-0.1, -0.05) is 30.4 Å². The quantitative estimate of drug-likeness (QED) is 0.0855. The molecule has 3 spiro atoms. The van der Waals surface area contributed by atoms with Crippen LogP contribution >= 0.6 is 0 Å². The SMILES string of the molecule is CN1CC[C@@]23C4=CC=C(CO)C2Oc2c(O)ccc(c23)C[C@H]41.O.O=C1C=C[C@@]2(O)[C@@H]3C[NH2+]CC[C@@]24c2c(ccc(O)c2OC14)C3.O=C1C=C[C@@]2(O)[C@H]3Cc4ccc(O)c5c4[C@@]2(CCN3)C1O5.O=S(=O)([O-])[O-].[CH3+]. The van der Waals surface area contributed by atoms with Crippen molar-refractivity contribution in [2.75, 3.05) is 39.8 Å². The van der Waals surface area contributed by atoms with Crippen LogP contribution in [0.1, 0.15) is 52.6 Å². The smallest absolute Gasteiger partial charge is 0.196 e. The van der Waals surface area contributed by atoms with Gasteiger partial charge in [-0.2, -0.15) is 0 Å². The zero-order valence-electron chi connectivity index (χ0n) is 39.5. The molecule has 0 aromatic heterocycles. The van der Waals surface area contributed by atoms with E-state index in [1.165, 1.54) is 28.9 Å². The van der Waals surface area contributed by atoms with Gasteiger partial charge < -0.3 is 70.1 Å². The van der Waals surface area contributed by atoms with Crippen molar-refractivity contribution in [1.29, 1.82) is 0 Å². The number of carbonyl (C=O) groups is 2. The second kappa shape index (κ2) is 16.6. The maximum Gasteiger partial charge on any atom is 0.196 e. The molecule has 20 heteroatoms. The first-order chi connectivity index (χ1) is 33.3. The maximum absolute atomic E-state index is 12.5. The van der Waals surface area contributed by atoms with Crippen molar-refractivity contribution >= 4 is 22.0 Å². The minimum Gasteiger partial charge on any atom is -0.759 e. The number of benzene rings is 3. The Bertz CT molecular complexity index is 3070. The number of aliphatic hydroxyl groups excluding tert-OH is 1. The monoisotopic (exact) mass is 1010 g/mol. The fraction of sp³-hybridized carbons (Fsp3) is 0.442. The molecular formula is C52H57N3O16S. The van der Waals surface area contributed by atoms with Crippen LogP contribution in [-0.4, -0.2) is 152 Å². The summed E-state index contributed by atoms with van der Waals surface area (Å²) in [6.45, 7) is 3.41. The van der Waals surface area contributed by atoms with Crippen LogP contribution in [0, 0.1) is 13.3 Å². The summed E-state index contributed by atoms with van der Waals surface area (Å²) in [4.78, 5) is 27.2. The van der Waals surface area contributed by atoms with Crippen molar-refractivity contribution < 1.29 is 82.8 Å². The number of phenols is 3. The van der Waals surface area contributed by atoms with Gasteiger partial charge >= 0.3 is 0 Å². The number of aliphatic hydroxyl groups is 3. The van der Waals surface area contributed by atoms with E-state index < -0.39 is 44.6 Å². The van der Waals surface area contributed by atoms with Crippen LogP contribution < -0.4 is 24.8 Å². The van der Waals surface area contributed by atoms with Crippen LogP contribution in [0.2, 0.25) is 0 Å². The number of nitrogens with zero attached hydrogens (tertiary/aromatic N) is 1. The number of quaternary nitrogens is 1. The summed E-state index contributed by atoms with van der Waals surface area (Å²) in [5.41, 5.74) is 4.68. The van der Waals surface area contributed by atoms with E-state index >= 15 is 0 Å². The zero-order chi connectivity index (χ0) is 49.1. The molecule has 11 N–H and O–H groups in total. The molecule has 6 bridgehead atoms. The number of hydrogen-bond acceptors (Lipinski definition) is 17. The van der Waals surface area contributed by atoms with Gasteiger partial charge in [0, 0.05) is 58.9 Å². The number of phenolic OH excluding ortho intramolecular Hbond substituents is 3.